The van der Waals surface area contributed by atoms with E-state index < -0.39 is 0 Å². The van der Waals surface area contributed by atoms with Crippen molar-refractivity contribution < 1.29 is 14.3 Å². The van der Waals surface area contributed by atoms with Gasteiger partial charge in [-0.25, -0.2) is 0 Å². The summed E-state index contributed by atoms with van der Waals surface area (Å²) >= 11 is 1.59. The highest BCUT2D eigenvalue weighted by molar-refractivity contribution is 7.99. The molecule has 24 heavy (non-hydrogen) atoms. The van der Waals surface area contributed by atoms with E-state index in [-0.39, 0.29) is 30.9 Å². The molecule has 0 heterocycles. The molecule has 0 aliphatic carbocycles. The molecule has 0 bridgehead atoms. The van der Waals surface area contributed by atoms with Crippen LogP contribution in [0.4, 0.5) is 0 Å². The average Bonchev–Trinajstić information content (AvgIpc) is 2.61. The van der Waals surface area contributed by atoms with Gasteiger partial charge in [0, 0.05) is 10.6 Å². The van der Waals surface area contributed by atoms with Crippen molar-refractivity contribution in [2.75, 3.05) is 12.4 Å². The number of nitrogens with one attached hydrogen (secondary N) is 1. The fourth-order valence-electron chi connectivity index (χ4n) is 2.10. The van der Waals surface area contributed by atoms with E-state index in [4.69, 9.17) is 4.74 Å². The molecule has 2 aromatic carbocycles. The zero-order chi connectivity index (χ0) is 17.2. The van der Waals surface area contributed by atoms with Gasteiger partial charge < -0.3 is 10.1 Å². The Bertz CT molecular complexity index is 646. The predicted octanol–water partition coefficient (Wildman–Crippen LogP) is 3.59. The predicted molar refractivity (Wildman–Crippen MR) is 95.7 cm³/mol. The molecule has 1 atom stereocenters. The summed E-state index contributed by atoms with van der Waals surface area (Å²) in [5.41, 5.74) is 1.01. The van der Waals surface area contributed by atoms with Gasteiger partial charge in [-0.3, -0.25) is 9.59 Å². The molecule has 0 saturated carbocycles. The number of rotatable bonds is 8. The lowest BCUT2D eigenvalue weighted by molar-refractivity contribution is -0.148. The van der Waals surface area contributed by atoms with Crippen LogP contribution in [0.25, 0.3) is 0 Å². The van der Waals surface area contributed by atoms with E-state index in [1.165, 1.54) is 0 Å². The fourth-order valence-corrected chi connectivity index (χ4v) is 2.95. The van der Waals surface area contributed by atoms with E-state index in [2.05, 4.69) is 5.32 Å². The molecule has 0 saturated heterocycles. The van der Waals surface area contributed by atoms with Gasteiger partial charge in [-0.05, 0) is 24.6 Å². The quantitative estimate of drug-likeness (QED) is 0.588. The molecule has 2 rings (SSSR count). The lowest BCUT2D eigenvalue weighted by Gasteiger charge is -2.14. The Morgan fingerprint density at radius 1 is 1.04 bits per heavy atom. The van der Waals surface area contributed by atoms with Gasteiger partial charge in [0.15, 0.2) is 6.61 Å². The number of carbonyl (C=O) groups excluding carboxylic acids is 2. The fraction of sp³-hybridized carbons (Fsp3) is 0.263. The second-order valence-corrected chi connectivity index (χ2v) is 6.44. The van der Waals surface area contributed by atoms with Gasteiger partial charge in [-0.15, -0.1) is 11.8 Å². The zero-order valence-electron chi connectivity index (χ0n) is 13.6. The van der Waals surface area contributed by atoms with Gasteiger partial charge in [-0.1, -0.05) is 48.5 Å². The van der Waals surface area contributed by atoms with E-state index in [0.29, 0.717) is 5.75 Å². The van der Waals surface area contributed by atoms with Crippen molar-refractivity contribution in [2.45, 2.75) is 24.3 Å². The van der Waals surface area contributed by atoms with Crippen LogP contribution in [0.2, 0.25) is 0 Å². The average molecular weight is 343 g/mol. The first kappa shape index (κ1) is 18.1. The largest absolute Gasteiger partial charge is 0.456 e. The number of hydrogen-bond donors (Lipinski definition) is 1. The topological polar surface area (TPSA) is 55.4 Å². The SMILES string of the molecule is C[C@H](NC(=O)COC(=O)CCSc1ccccc1)c1ccccc1. The van der Waals surface area contributed by atoms with Crippen LogP contribution in [0.3, 0.4) is 0 Å². The Hall–Kier alpha value is -2.27. The first-order chi connectivity index (χ1) is 11.6. The number of thioether (sulfide) groups is 1. The minimum Gasteiger partial charge on any atom is -0.456 e. The molecule has 4 nitrogen and oxygen atoms in total. The minimum atomic E-state index is -0.360. The Kier molecular flexibility index (Phi) is 7.36. The number of amides is 1. The van der Waals surface area contributed by atoms with Crippen LogP contribution >= 0.6 is 11.8 Å². The smallest absolute Gasteiger partial charge is 0.307 e. The van der Waals surface area contributed by atoms with Gasteiger partial charge >= 0.3 is 5.97 Å². The van der Waals surface area contributed by atoms with E-state index >= 15 is 0 Å². The second kappa shape index (κ2) is 9.78. The summed E-state index contributed by atoms with van der Waals surface area (Å²) in [7, 11) is 0. The van der Waals surface area contributed by atoms with Crippen molar-refractivity contribution in [1.29, 1.82) is 0 Å². The molecular formula is C19H21NO3S. The molecule has 0 fully saturated rings. The van der Waals surface area contributed by atoms with Gasteiger partial charge in [-0.2, -0.15) is 0 Å². The summed E-state index contributed by atoms with van der Waals surface area (Å²) in [5, 5.41) is 2.81. The Morgan fingerprint density at radius 3 is 2.33 bits per heavy atom. The Balaban J connectivity index is 1.63. The summed E-state index contributed by atoms with van der Waals surface area (Å²) < 4.78 is 5.01. The molecule has 0 unspecified atom stereocenters. The number of benzene rings is 2. The van der Waals surface area contributed by atoms with Crippen LogP contribution in [0.15, 0.2) is 65.6 Å². The third kappa shape index (κ3) is 6.46. The van der Waals surface area contributed by atoms with Crippen molar-refractivity contribution in [2.24, 2.45) is 0 Å². The molecule has 0 radical (unpaired) electrons. The van der Waals surface area contributed by atoms with Gasteiger partial charge in [0.25, 0.3) is 5.91 Å². The molecule has 0 aromatic heterocycles. The number of ether oxygens (including phenoxy) is 1. The summed E-state index contributed by atoms with van der Waals surface area (Å²) in [4.78, 5) is 24.6. The van der Waals surface area contributed by atoms with E-state index in [9.17, 15) is 9.59 Å². The van der Waals surface area contributed by atoms with Crippen molar-refractivity contribution in [3.63, 3.8) is 0 Å². The molecule has 0 aliphatic rings. The normalized spacial score (nSPS) is 11.5. The van der Waals surface area contributed by atoms with E-state index in [1.807, 2.05) is 67.6 Å². The maximum absolute atomic E-state index is 11.8. The highest BCUT2D eigenvalue weighted by atomic mass is 32.2. The highest BCUT2D eigenvalue weighted by Crippen LogP contribution is 2.17. The van der Waals surface area contributed by atoms with Crippen LogP contribution in [-0.2, 0) is 14.3 Å². The zero-order valence-corrected chi connectivity index (χ0v) is 14.4. The summed E-state index contributed by atoms with van der Waals surface area (Å²) in [6.07, 6.45) is 0.279. The number of esters is 1. The van der Waals surface area contributed by atoms with Gasteiger partial charge in [0.2, 0.25) is 0 Å². The third-order valence-electron chi connectivity index (χ3n) is 3.36. The first-order valence-corrected chi connectivity index (χ1v) is 8.81. The molecule has 0 aliphatic heterocycles. The maximum Gasteiger partial charge on any atom is 0.307 e. The van der Waals surface area contributed by atoms with Crippen molar-refractivity contribution in [1.82, 2.24) is 5.32 Å². The summed E-state index contributed by atoms with van der Waals surface area (Å²) in [5.74, 6) is -0.0263. The first-order valence-electron chi connectivity index (χ1n) is 7.83. The number of hydrogen-bond acceptors (Lipinski definition) is 4. The van der Waals surface area contributed by atoms with Gasteiger partial charge in [0.05, 0.1) is 12.5 Å². The lowest BCUT2D eigenvalue weighted by atomic mass is 10.1. The summed E-state index contributed by atoms with van der Waals surface area (Å²) in [6.45, 7) is 1.65. The van der Waals surface area contributed by atoms with Crippen molar-refractivity contribution >= 4 is 23.6 Å². The van der Waals surface area contributed by atoms with E-state index in [0.717, 1.165) is 10.5 Å². The molecule has 5 heteroatoms. The lowest BCUT2D eigenvalue weighted by Crippen LogP contribution is -2.31. The van der Waals surface area contributed by atoms with Crippen molar-refractivity contribution in [3.8, 4) is 0 Å². The van der Waals surface area contributed by atoms with Crippen molar-refractivity contribution in [3.05, 3.63) is 66.2 Å². The minimum absolute atomic E-state index is 0.119. The van der Waals surface area contributed by atoms with Crippen LogP contribution in [0, 0.1) is 0 Å². The maximum atomic E-state index is 11.8. The molecular weight excluding hydrogens is 322 g/mol. The second-order valence-electron chi connectivity index (χ2n) is 5.27. The monoisotopic (exact) mass is 343 g/mol. The van der Waals surface area contributed by atoms with Crippen LogP contribution in [0.5, 0.6) is 0 Å². The standard InChI is InChI=1S/C19H21NO3S/c1-15(16-8-4-2-5-9-16)20-18(21)14-23-19(22)12-13-24-17-10-6-3-7-11-17/h2-11,15H,12-14H2,1H3,(H,20,21)/t15-/m0/s1. The Morgan fingerprint density at radius 2 is 1.67 bits per heavy atom. The van der Waals surface area contributed by atoms with Crippen LogP contribution in [-0.4, -0.2) is 24.2 Å². The molecule has 1 N–H and O–H groups in total. The van der Waals surface area contributed by atoms with Crippen LogP contribution in [0.1, 0.15) is 24.9 Å². The van der Waals surface area contributed by atoms with Crippen LogP contribution < -0.4 is 5.32 Å². The third-order valence-corrected chi connectivity index (χ3v) is 4.37. The number of carbonyl (C=O) groups is 2. The molecule has 126 valence electrons. The summed E-state index contributed by atoms with van der Waals surface area (Å²) in [6, 6.07) is 19.4. The highest BCUT2D eigenvalue weighted by Gasteiger charge is 2.11. The Labute approximate surface area is 146 Å². The molecule has 1 amide bonds. The van der Waals surface area contributed by atoms with Gasteiger partial charge in [0.1, 0.15) is 0 Å². The molecule has 0 spiro atoms. The molecule has 2 aromatic rings. The van der Waals surface area contributed by atoms with E-state index in [1.54, 1.807) is 11.8 Å².